The van der Waals surface area contributed by atoms with Crippen LogP contribution in [0.4, 0.5) is 0 Å². The third kappa shape index (κ3) is 4.71. The van der Waals surface area contributed by atoms with Crippen LogP contribution in [0.25, 0.3) is 0 Å². The van der Waals surface area contributed by atoms with E-state index in [-0.39, 0.29) is 0 Å². The average molecular weight is 583 g/mol. The Morgan fingerprint density at radius 3 is 0.952 bits per heavy atom. The molecular weight excluding hydrogens is 568 g/mol. The number of benzene rings is 3. The first kappa shape index (κ1) is 16.8. The molecule has 0 saturated carbocycles. The van der Waals surface area contributed by atoms with Gasteiger partial charge in [-0.1, -0.05) is 0 Å². The molecule has 0 N–H and O–H groups in total. The summed E-state index contributed by atoms with van der Waals surface area (Å²) in [4.78, 5) is 0. The van der Waals surface area contributed by atoms with Crippen molar-refractivity contribution in [2.75, 3.05) is 0 Å². The van der Waals surface area contributed by atoms with Gasteiger partial charge in [-0.2, -0.15) is 0 Å². The van der Waals surface area contributed by atoms with Gasteiger partial charge in [0.25, 0.3) is 0 Å². The molecule has 0 radical (unpaired) electrons. The van der Waals surface area contributed by atoms with Crippen LogP contribution < -0.4 is 13.1 Å². The normalized spacial score (nSPS) is 9.90. The maximum atomic E-state index is 2.88. The Kier molecular flexibility index (Phi) is 7.57. The first-order chi connectivity index (χ1) is 10.4. The number of hydrogen-bond donors (Lipinski definition) is 0. The summed E-state index contributed by atoms with van der Waals surface area (Å²) in [5, 5.41) is 0. The molecule has 3 rings (SSSR count). The molecule has 3 heteroatoms. The molecule has 0 atom stereocenters. The Balaban J connectivity index is 0.000000774. The fraction of sp³-hybridized carbons (Fsp3) is 0. The van der Waals surface area contributed by atoms with Gasteiger partial charge in [0.05, 0.1) is 0 Å². The summed E-state index contributed by atoms with van der Waals surface area (Å²) >= 11 is 3.58. The Labute approximate surface area is 149 Å². The van der Waals surface area contributed by atoms with Crippen molar-refractivity contribution < 1.29 is 18.9 Å². The van der Waals surface area contributed by atoms with E-state index < -0.39 is 14.7 Å². The molecule has 0 fully saturated rings. The summed E-state index contributed by atoms with van der Waals surface area (Å²) in [6.07, 6.45) is 0. The van der Waals surface area contributed by atoms with E-state index in [2.05, 4.69) is 123 Å². The average Bonchev–Trinajstić information content (AvgIpc) is 2.60. The number of hydrogen-bond acceptors (Lipinski definition) is 0. The van der Waals surface area contributed by atoms with Crippen LogP contribution in [-0.4, -0.2) is 14.7 Å². The third-order valence-corrected chi connectivity index (χ3v) is 8.17. The zero-order chi connectivity index (χ0) is 14.9. The first-order valence-corrected chi connectivity index (χ1v) is 14.1. The molecule has 0 aromatic heterocycles. The van der Waals surface area contributed by atoms with Crippen LogP contribution in [0.3, 0.4) is 0 Å². The van der Waals surface area contributed by atoms with E-state index in [0.717, 1.165) is 0 Å². The summed E-state index contributed by atoms with van der Waals surface area (Å²) < 4.78 is 4.44. The van der Waals surface area contributed by atoms with Gasteiger partial charge in [0.1, 0.15) is 0 Å². The predicted octanol–water partition coefficient (Wildman–Crippen LogP) is 3.05. The number of rotatable bonds is 3. The van der Waals surface area contributed by atoms with Crippen LogP contribution in [0.15, 0.2) is 91.0 Å². The quantitative estimate of drug-likeness (QED) is 0.417. The van der Waals surface area contributed by atoms with Gasteiger partial charge in [0.2, 0.25) is 0 Å². The first-order valence-electron chi connectivity index (χ1n) is 6.52. The van der Waals surface area contributed by atoms with Crippen molar-refractivity contribution in [3.8, 4) is 0 Å². The van der Waals surface area contributed by atoms with Crippen molar-refractivity contribution >= 4 is 40.7 Å². The Bertz CT molecular complexity index is 535. The predicted molar refractivity (Wildman–Crippen MR) is 92.9 cm³/mol. The van der Waals surface area contributed by atoms with Gasteiger partial charge in [-0.05, 0) is 0 Å². The maximum absolute atomic E-state index is 2.88. The molecule has 110 valence electrons. The Morgan fingerprint density at radius 2 is 0.714 bits per heavy atom. The topological polar surface area (TPSA) is 0 Å². The fourth-order valence-electron chi connectivity index (χ4n) is 2.18. The van der Waals surface area contributed by atoms with Crippen molar-refractivity contribution in [3.05, 3.63) is 91.0 Å². The summed E-state index contributed by atoms with van der Waals surface area (Å²) in [6, 6.07) is 32.7. The van der Waals surface area contributed by atoms with Gasteiger partial charge >= 0.3 is 151 Å². The standard InChI is InChI=1S/C18H15As.Au.BrH/c1-4-10-16(11-5-1)19(17-12-6-2-7-13-17)18-14-8-3-9-15-18;;/h1-15H;;1H/q;+1;/p-1. The SMILES string of the molecule is [Br][Au].c1ccc([As](c2ccccc2)c2ccccc2)cc1. The van der Waals surface area contributed by atoms with E-state index in [9.17, 15) is 0 Å². The Morgan fingerprint density at radius 1 is 0.476 bits per heavy atom. The zero-order valence-electron chi connectivity index (χ0n) is 11.3. The van der Waals surface area contributed by atoms with E-state index in [1.165, 1.54) is 13.1 Å². The second-order valence-corrected chi connectivity index (χ2v) is 9.00. The van der Waals surface area contributed by atoms with Crippen molar-refractivity contribution in [1.29, 1.82) is 0 Å². The van der Waals surface area contributed by atoms with E-state index in [1.807, 2.05) is 0 Å². The van der Waals surface area contributed by atoms with E-state index in [1.54, 1.807) is 0 Å². The molecule has 3 aromatic carbocycles. The summed E-state index contributed by atoms with van der Waals surface area (Å²) in [7, 11) is 0. The molecule has 0 heterocycles. The van der Waals surface area contributed by atoms with Crippen LogP contribution in [-0.2, 0) is 18.9 Å². The van der Waals surface area contributed by atoms with Crippen molar-refractivity contribution in [1.82, 2.24) is 0 Å². The molecule has 0 nitrogen and oxygen atoms in total. The molecule has 0 aliphatic rings. The molecule has 0 unspecified atom stereocenters. The second kappa shape index (κ2) is 9.45. The molecule has 0 saturated heterocycles. The minimum absolute atomic E-state index is 1.39. The van der Waals surface area contributed by atoms with Gasteiger partial charge in [-0.25, -0.2) is 0 Å². The second-order valence-electron chi connectivity index (χ2n) is 4.34. The molecule has 0 amide bonds. The summed E-state index contributed by atoms with van der Waals surface area (Å²) in [6.45, 7) is 0. The number of halogens is 1. The van der Waals surface area contributed by atoms with E-state index in [4.69, 9.17) is 0 Å². The zero-order valence-corrected chi connectivity index (χ0v) is 16.9. The van der Waals surface area contributed by atoms with Crippen LogP contribution in [0, 0.1) is 0 Å². The summed E-state index contributed by atoms with van der Waals surface area (Å²) in [5.74, 6) is 0. The van der Waals surface area contributed by atoms with Crippen molar-refractivity contribution in [3.63, 3.8) is 0 Å². The molecule has 0 bridgehead atoms. The van der Waals surface area contributed by atoms with E-state index >= 15 is 0 Å². The molecule has 0 aliphatic carbocycles. The monoisotopic (exact) mass is 582 g/mol. The Hall–Kier alpha value is -0.561. The van der Waals surface area contributed by atoms with Gasteiger partial charge < -0.3 is 0 Å². The van der Waals surface area contributed by atoms with Gasteiger partial charge in [-0.15, -0.1) is 0 Å². The van der Waals surface area contributed by atoms with Crippen LogP contribution in [0.2, 0.25) is 0 Å². The van der Waals surface area contributed by atoms with Crippen LogP contribution in [0.5, 0.6) is 0 Å². The van der Waals surface area contributed by atoms with E-state index in [0.29, 0.717) is 0 Å². The van der Waals surface area contributed by atoms with Crippen molar-refractivity contribution in [2.45, 2.75) is 0 Å². The molecule has 3 aromatic rings. The fourth-order valence-corrected chi connectivity index (χ4v) is 7.02. The third-order valence-electron chi connectivity index (χ3n) is 3.04. The molecular formula is C18H15AsAuBr. The van der Waals surface area contributed by atoms with Crippen molar-refractivity contribution in [2.24, 2.45) is 0 Å². The molecule has 0 spiro atoms. The summed E-state index contributed by atoms with van der Waals surface area (Å²) in [5.41, 5.74) is 0. The van der Waals surface area contributed by atoms with Gasteiger partial charge in [0, 0.05) is 0 Å². The molecule has 21 heavy (non-hydrogen) atoms. The van der Waals surface area contributed by atoms with Gasteiger partial charge in [-0.3, -0.25) is 0 Å². The van der Waals surface area contributed by atoms with Gasteiger partial charge in [0.15, 0.2) is 0 Å². The molecule has 0 aliphatic heterocycles. The van der Waals surface area contributed by atoms with Crippen LogP contribution >= 0.6 is 13.0 Å². The van der Waals surface area contributed by atoms with Crippen LogP contribution in [0.1, 0.15) is 0 Å². The minimum atomic E-state index is -1.39.